The first kappa shape index (κ1) is 16.6. The van der Waals surface area contributed by atoms with Gasteiger partial charge in [0.25, 0.3) is 0 Å². The Kier molecular flexibility index (Phi) is 5.69. The Bertz CT molecular complexity index is 688. The highest BCUT2D eigenvalue weighted by atomic mass is 79.9. The molecule has 2 rings (SSSR count). The van der Waals surface area contributed by atoms with Gasteiger partial charge in [0, 0.05) is 16.1 Å². The lowest BCUT2D eigenvalue weighted by Crippen LogP contribution is -2.22. The number of carbonyl (C=O) groups excluding carboxylic acids is 1. The number of carboxylic acids is 1. The molecule has 0 saturated carbocycles. The molecule has 0 spiro atoms. The second-order valence-corrected chi connectivity index (χ2v) is 5.65. The Morgan fingerprint density at radius 3 is 2.64 bits per heavy atom. The number of aromatic carboxylic acids is 1. The zero-order valence-electron chi connectivity index (χ0n) is 11.8. The van der Waals surface area contributed by atoms with E-state index in [0.717, 1.165) is 5.56 Å². The van der Waals surface area contributed by atoms with Crippen molar-refractivity contribution in [1.29, 1.82) is 0 Å². The van der Waals surface area contributed by atoms with E-state index in [1.807, 2.05) is 18.2 Å². The summed E-state index contributed by atoms with van der Waals surface area (Å²) in [6.07, 6.45) is 0. The van der Waals surface area contributed by atoms with Crippen molar-refractivity contribution in [3.63, 3.8) is 0 Å². The van der Waals surface area contributed by atoms with E-state index in [1.54, 1.807) is 13.0 Å². The highest BCUT2D eigenvalue weighted by Gasteiger charge is 2.13. The van der Waals surface area contributed by atoms with Gasteiger partial charge >= 0.3 is 0 Å². The third kappa shape index (κ3) is 3.93. The summed E-state index contributed by atoms with van der Waals surface area (Å²) >= 11 is 9.39. The smallest absolute Gasteiger partial charge is 0.175 e. The number of hydrogen-bond donors (Lipinski definition) is 0. The topological polar surface area (TPSA) is 58.6 Å². The molecule has 0 atom stereocenters. The van der Waals surface area contributed by atoms with Gasteiger partial charge in [0.1, 0.15) is 6.61 Å². The highest BCUT2D eigenvalue weighted by Crippen LogP contribution is 2.37. The summed E-state index contributed by atoms with van der Waals surface area (Å²) in [6, 6.07) is 10.1. The Labute approximate surface area is 141 Å². The number of rotatable bonds is 6. The summed E-state index contributed by atoms with van der Waals surface area (Å²) in [5, 5.41) is 11.6. The molecule has 2 aromatic carbocycles. The zero-order chi connectivity index (χ0) is 16.1. The van der Waals surface area contributed by atoms with E-state index in [9.17, 15) is 9.90 Å². The summed E-state index contributed by atoms with van der Waals surface area (Å²) in [5.74, 6) is -0.519. The fourth-order valence-corrected chi connectivity index (χ4v) is 2.60. The van der Waals surface area contributed by atoms with Crippen molar-refractivity contribution in [1.82, 2.24) is 0 Å². The van der Waals surface area contributed by atoms with Gasteiger partial charge in [-0.2, -0.15) is 0 Å². The molecule has 4 nitrogen and oxygen atoms in total. The molecular formula is C16H13BrClO4-. The summed E-state index contributed by atoms with van der Waals surface area (Å²) in [5.41, 5.74) is 0.836. The maximum absolute atomic E-state index is 11.0. The van der Waals surface area contributed by atoms with E-state index in [1.165, 1.54) is 12.1 Å². The molecule has 0 heterocycles. The quantitative estimate of drug-likeness (QED) is 0.765. The summed E-state index contributed by atoms with van der Waals surface area (Å²) in [6.45, 7) is 2.42. The predicted octanol–water partition coefficient (Wildman–Crippen LogP) is 3.44. The van der Waals surface area contributed by atoms with Gasteiger partial charge in [0.05, 0.1) is 17.0 Å². The first-order valence-electron chi connectivity index (χ1n) is 6.56. The zero-order valence-corrected chi connectivity index (χ0v) is 14.1. The van der Waals surface area contributed by atoms with E-state index in [4.69, 9.17) is 21.1 Å². The van der Waals surface area contributed by atoms with Gasteiger partial charge < -0.3 is 19.4 Å². The highest BCUT2D eigenvalue weighted by molar-refractivity contribution is 9.10. The summed E-state index contributed by atoms with van der Waals surface area (Å²) < 4.78 is 11.7. The van der Waals surface area contributed by atoms with Crippen LogP contribution in [0, 0.1) is 0 Å². The molecule has 0 aliphatic rings. The molecule has 22 heavy (non-hydrogen) atoms. The third-order valence-corrected chi connectivity index (χ3v) is 3.83. The fourth-order valence-electron chi connectivity index (χ4n) is 1.85. The van der Waals surface area contributed by atoms with Gasteiger partial charge in [-0.25, -0.2) is 0 Å². The molecule has 0 N–H and O–H groups in total. The number of benzene rings is 2. The van der Waals surface area contributed by atoms with Gasteiger partial charge in [-0.15, -0.1) is 0 Å². The van der Waals surface area contributed by atoms with Crippen LogP contribution in [0.15, 0.2) is 40.9 Å². The Hall–Kier alpha value is -1.72. The van der Waals surface area contributed by atoms with Crippen molar-refractivity contribution in [2.75, 3.05) is 6.61 Å². The van der Waals surface area contributed by atoms with Crippen molar-refractivity contribution in [3.8, 4) is 11.5 Å². The van der Waals surface area contributed by atoms with E-state index < -0.39 is 5.97 Å². The third-order valence-electron chi connectivity index (χ3n) is 2.87. The minimum absolute atomic E-state index is 0.0143. The number of hydrogen-bond acceptors (Lipinski definition) is 4. The Balaban J connectivity index is 2.29. The minimum atomic E-state index is -1.28. The first-order valence-corrected chi connectivity index (χ1v) is 7.74. The van der Waals surface area contributed by atoms with Gasteiger partial charge in [0.2, 0.25) is 0 Å². The molecule has 0 amide bonds. The Morgan fingerprint density at radius 2 is 2.00 bits per heavy atom. The largest absolute Gasteiger partial charge is 0.545 e. The molecule has 0 fully saturated rings. The number of ether oxygens (including phenoxy) is 2. The standard InChI is InChI=1S/C16H14BrClO4/c1-2-21-14-8-11(16(19)20)7-12(17)15(14)22-9-10-5-3-4-6-13(10)18/h3-8H,2,9H2,1H3,(H,19,20)/p-1. The predicted molar refractivity (Wildman–Crippen MR) is 85.4 cm³/mol. The maximum atomic E-state index is 11.0. The first-order chi connectivity index (χ1) is 10.5. The average Bonchev–Trinajstić information content (AvgIpc) is 2.48. The van der Waals surface area contributed by atoms with Crippen LogP contribution in [0.3, 0.4) is 0 Å². The minimum Gasteiger partial charge on any atom is -0.545 e. The Morgan fingerprint density at radius 1 is 1.27 bits per heavy atom. The second kappa shape index (κ2) is 7.51. The van der Waals surface area contributed by atoms with Gasteiger partial charge in [0.15, 0.2) is 11.5 Å². The van der Waals surface area contributed by atoms with E-state index in [2.05, 4.69) is 15.9 Å². The number of halogens is 2. The molecule has 116 valence electrons. The van der Waals surface area contributed by atoms with E-state index in [0.29, 0.717) is 27.6 Å². The lowest BCUT2D eigenvalue weighted by molar-refractivity contribution is -0.255. The normalized spacial score (nSPS) is 10.3. The van der Waals surface area contributed by atoms with Crippen LogP contribution < -0.4 is 14.6 Å². The van der Waals surface area contributed by atoms with Gasteiger partial charge in [-0.3, -0.25) is 0 Å². The van der Waals surface area contributed by atoms with Crippen LogP contribution >= 0.6 is 27.5 Å². The fraction of sp³-hybridized carbons (Fsp3) is 0.188. The maximum Gasteiger partial charge on any atom is 0.175 e. The van der Waals surface area contributed by atoms with Crippen molar-refractivity contribution >= 4 is 33.5 Å². The van der Waals surface area contributed by atoms with Crippen LogP contribution in [0.2, 0.25) is 5.02 Å². The van der Waals surface area contributed by atoms with Crippen LogP contribution in [0.25, 0.3) is 0 Å². The number of carbonyl (C=O) groups is 1. The van der Waals surface area contributed by atoms with Crippen LogP contribution in [0.1, 0.15) is 22.8 Å². The lowest BCUT2D eigenvalue weighted by Gasteiger charge is -2.16. The molecule has 0 bridgehead atoms. The SMILES string of the molecule is CCOc1cc(C(=O)[O-])cc(Br)c1OCc1ccccc1Cl. The molecule has 0 aliphatic carbocycles. The second-order valence-electron chi connectivity index (χ2n) is 4.39. The summed E-state index contributed by atoms with van der Waals surface area (Å²) in [7, 11) is 0. The van der Waals surface area contributed by atoms with Crippen LogP contribution in [-0.2, 0) is 6.61 Å². The molecule has 0 aromatic heterocycles. The molecule has 0 saturated heterocycles. The average molecular weight is 385 g/mol. The molecular weight excluding hydrogens is 372 g/mol. The lowest BCUT2D eigenvalue weighted by atomic mass is 10.2. The van der Waals surface area contributed by atoms with Crippen molar-refractivity contribution < 1.29 is 19.4 Å². The molecule has 0 radical (unpaired) electrons. The van der Waals surface area contributed by atoms with Gasteiger partial charge in [-0.1, -0.05) is 29.8 Å². The van der Waals surface area contributed by atoms with E-state index >= 15 is 0 Å². The van der Waals surface area contributed by atoms with Crippen LogP contribution in [0.4, 0.5) is 0 Å². The molecule has 6 heteroatoms. The summed E-state index contributed by atoms with van der Waals surface area (Å²) in [4.78, 5) is 11.0. The van der Waals surface area contributed by atoms with Crippen molar-refractivity contribution in [2.24, 2.45) is 0 Å². The molecule has 2 aromatic rings. The number of carboxylic acid groups (broad SMARTS) is 1. The monoisotopic (exact) mass is 383 g/mol. The molecule has 0 aliphatic heterocycles. The van der Waals surface area contributed by atoms with Crippen LogP contribution in [0.5, 0.6) is 11.5 Å². The van der Waals surface area contributed by atoms with Crippen LogP contribution in [-0.4, -0.2) is 12.6 Å². The molecule has 0 unspecified atom stereocenters. The van der Waals surface area contributed by atoms with Crippen molar-refractivity contribution in [2.45, 2.75) is 13.5 Å². The van der Waals surface area contributed by atoms with E-state index in [-0.39, 0.29) is 12.2 Å². The van der Waals surface area contributed by atoms with Gasteiger partial charge in [-0.05, 0) is 41.1 Å². The van der Waals surface area contributed by atoms with Crippen molar-refractivity contribution in [3.05, 3.63) is 57.0 Å².